The molecule has 30 heavy (non-hydrogen) atoms. The molecule has 3 saturated carbocycles. The van der Waals surface area contributed by atoms with Crippen LogP contribution < -0.4 is 0 Å². The molecule has 0 aromatic heterocycles. The molecule has 4 aliphatic rings. The van der Waals surface area contributed by atoms with Crippen LogP contribution in [0.15, 0.2) is 41.1 Å². The van der Waals surface area contributed by atoms with Gasteiger partial charge < -0.3 is 10.1 Å². The highest BCUT2D eigenvalue weighted by molar-refractivity contribution is 5.91. The van der Waals surface area contributed by atoms with Crippen molar-refractivity contribution >= 4 is 5.71 Å². The van der Waals surface area contributed by atoms with Crippen LogP contribution in [-0.2, 0) is 0 Å². The molecule has 0 aromatic rings. The molecule has 0 unspecified atom stereocenters. The minimum absolute atomic E-state index is 0.0242. The zero-order valence-electron chi connectivity index (χ0n) is 20.2. The van der Waals surface area contributed by atoms with Crippen molar-refractivity contribution in [3.8, 4) is 0 Å². The summed E-state index contributed by atoms with van der Waals surface area (Å²) in [4.78, 5) is 0. The molecular formula is C27H42N2O. The van der Waals surface area contributed by atoms with E-state index in [0.29, 0.717) is 23.7 Å². The molecule has 0 saturated heterocycles. The maximum absolute atomic E-state index is 11.7. The van der Waals surface area contributed by atoms with E-state index in [1.54, 1.807) is 0 Å². The Balaban J connectivity index is 1.78. The largest absolute Gasteiger partial charge is 0.393 e. The van der Waals surface area contributed by atoms with Crippen LogP contribution in [0.25, 0.3) is 0 Å². The van der Waals surface area contributed by atoms with Gasteiger partial charge in [-0.05, 0) is 60.8 Å². The zero-order chi connectivity index (χ0) is 22.1. The van der Waals surface area contributed by atoms with E-state index in [1.807, 2.05) is 19.1 Å². The van der Waals surface area contributed by atoms with Gasteiger partial charge >= 0.3 is 0 Å². The fourth-order valence-electron chi connectivity index (χ4n) is 8.36. The highest BCUT2D eigenvalue weighted by Crippen LogP contribution is 2.71. The standard InChI is InChI=1S/C27H42N2O/c1-9-23(28-29(7)8)27(6)18(3)15-21-20-11-10-19-14-17(2)12-13-25(19,4)24(20)22(30)16-26(21,27)5/h12-14,18,20-22,24,30H,2,9-11,15-16H2,1,3-8H3/b28-23-/t18-,20+,21+,22+,24-,25+,26+,27-/m1/s1. The van der Waals surface area contributed by atoms with Crippen molar-refractivity contribution in [2.45, 2.75) is 72.8 Å². The van der Waals surface area contributed by atoms with Gasteiger partial charge in [0.2, 0.25) is 0 Å². The molecule has 0 amide bonds. The summed E-state index contributed by atoms with van der Waals surface area (Å²) in [6.07, 6.45) is 12.0. The van der Waals surface area contributed by atoms with Gasteiger partial charge in [0, 0.05) is 36.6 Å². The van der Waals surface area contributed by atoms with E-state index in [1.165, 1.54) is 24.1 Å². The quantitative estimate of drug-likeness (QED) is 0.469. The molecule has 0 bridgehead atoms. The Hall–Kier alpha value is -1.35. The van der Waals surface area contributed by atoms with Gasteiger partial charge in [-0.15, -0.1) is 0 Å². The molecule has 0 spiro atoms. The summed E-state index contributed by atoms with van der Waals surface area (Å²) in [6.45, 7) is 16.1. The van der Waals surface area contributed by atoms with E-state index in [0.717, 1.165) is 24.8 Å². The summed E-state index contributed by atoms with van der Waals surface area (Å²) in [5.74, 6) is 2.09. The number of nitrogens with zero attached hydrogens (tertiary/aromatic N) is 2. The van der Waals surface area contributed by atoms with Crippen molar-refractivity contribution in [3.05, 3.63) is 36.0 Å². The van der Waals surface area contributed by atoms with Crippen molar-refractivity contribution < 1.29 is 5.11 Å². The summed E-state index contributed by atoms with van der Waals surface area (Å²) in [6, 6.07) is 0. The van der Waals surface area contributed by atoms with Gasteiger partial charge in [0.15, 0.2) is 0 Å². The minimum atomic E-state index is -0.275. The van der Waals surface area contributed by atoms with Crippen molar-refractivity contribution in [2.75, 3.05) is 14.1 Å². The Morgan fingerprint density at radius 3 is 2.63 bits per heavy atom. The number of hydrazone groups is 1. The SMILES string of the molecule is C=C1C=C[C@@]2(C)C(=C1)CC[C@@H]1[C@@H]2[C@@H](O)C[C@@]2(C)[C@H]1C[C@@H](C)[C@]2(C)/C(CC)=N\N(C)C. The molecular weight excluding hydrogens is 368 g/mol. The fourth-order valence-corrected chi connectivity index (χ4v) is 8.36. The molecule has 8 atom stereocenters. The third-order valence-electron chi connectivity index (χ3n) is 10.0. The highest BCUT2D eigenvalue weighted by Gasteiger charge is 2.67. The molecule has 4 rings (SSSR count). The van der Waals surface area contributed by atoms with Crippen molar-refractivity contribution in [3.63, 3.8) is 0 Å². The first kappa shape index (κ1) is 21.9. The topological polar surface area (TPSA) is 35.8 Å². The minimum Gasteiger partial charge on any atom is -0.393 e. The summed E-state index contributed by atoms with van der Waals surface area (Å²) in [5.41, 5.74) is 3.97. The summed E-state index contributed by atoms with van der Waals surface area (Å²) < 4.78 is 0. The van der Waals surface area contributed by atoms with E-state index in [9.17, 15) is 5.11 Å². The lowest BCUT2D eigenvalue weighted by Gasteiger charge is -2.60. The Bertz CT molecular complexity index is 823. The predicted molar refractivity (Wildman–Crippen MR) is 126 cm³/mol. The van der Waals surface area contributed by atoms with Gasteiger partial charge in [-0.25, -0.2) is 0 Å². The lowest BCUT2D eigenvalue weighted by Crippen LogP contribution is -2.58. The number of hydrogen-bond acceptors (Lipinski definition) is 3. The first-order chi connectivity index (χ1) is 14.0. The second-order valence-electron chi connectivity index (χ2n) is 11.5. The molecule has 1 N–H and O–H groups in total. The summed E-state index contributed by atoms with van der Waals surface area (Å²) >= 11 is 0. The maximum atomic E-state index is 11.7. The van der Waals surface area contributed by atoms with E-state index < -0.39 is 0 Å². The maximum Gasteiger partial charge on any atom is 0.0588 e. The number of allylic oxidation sites excluding steroid dienone is 5. The van der Waals surface area contributed by atoms with Crippen LogP contribution in [0, 0.1) is 39.9 Å². The summed E-state index contributed by atoms with van der Waals surface area (Å²) in [7, 11) is 4.06. The predicted octanol–water partition coefficient (Wildman–Crippen LogP) is 5.83. The molecule has 4 aliphatic carbocycles. The Labute approximate surface area is 184 Å². The number of rotatable bonds is 3. The number of aliphatic hydroxyl groups is 1. The van der Waals surface area contributed by atoms with Crippen LogP contribution in [0.2, 0.25) is 0 Å². The molecule has 3 nitrogen and oxygen atoms in total. The second-order valence-corrected chi connectivity index (χ2v) is 11.5. The van der Waals surface area contributed by atoms with Crippen molar-refractivity contribution in [2.24, 2.45) is 45.0 Å². The summed E-state index contributed by atoms with van der Waals surface area (Å²) in [5, 5.41) is 18.7. The number of aliphatic hydroxyl groups excluding tert-OH is 1. The molecule has 3 fully saturated rings. The van der Waals surface area contributed by atoms with E-state index in [4.69, 9.17) is 5.10 Å². The van der Waals surface area contributed by atoms with E-state index in [2.05, 4.69) is 59.4 Å². The molecule has 3 heteroatoms. The molecule has 166 valence electrons. The molecule has 0 aromatic carbocycles. The van der Waals surface area contributed by atoms with Crippen LogP contribution in [0.3, 0.4) is 0 Å². The number of fused-ring (bicyclic) bond motifs is 5. The lowest BCUT2D eigenvalue weighted by atomic mass is 9.44. The smallest absolute Gasteiger partial charge is 0.0588 e. The van der Waals surface area contributed by atoms with Crippen LogP contribution in [-0.4, -0.2) is 36.0 Å². The normalized spacial score (nSPS) is 48.0. The van der Waals surface area contributed by atoms with Gasteiger partial charge in [-0.3, -0.25) is 0 Å². The molecule has 0 radical (unpaired) electrons. The Morgan fingerprint density at radius 1 is 1.30 bits per heavy atom. The lowest BCUT2D eigenvalue weighted by molar-refractivity contribution is -0.122. The van der Waals surface area contributed by atoms with Gasteiger partial charge in [0.05, 0.1) is 6.10 Å². The van der Waals surface area contributed by atoms with Crippen LogP contribution >= 0.6 is 0 Å². The van der Waals surface area contributed by atoms with E-state index in [-0.39, 0.29) is 22.3 Å². The van der Waals surface area contributed by atoms with Gasteiger partial charge in [0.25, 0.3) is 0 Å². The average molecular weight is 411 g/mol. The average Bonchev–Trinajstić information content (AvgIpc) is 2.87. The van der Waals surface area contributed by atoms with Gasteiger partial charge in [-0.2, -0.15) is 5.10 Å². The van der Waals surface area contributed by atoms with Crippen molar-refractivity contribution in [1.29, 1.82) is 0 Å². The van der Waals surface area contributed by atoms with Crippen LogP contribution in [0.5, 0.6) is 0 Å². The number of hydrogen-bond donors (Lipinski definition) is 1. The first-order valence-electron chi connectivity index (χ1n) is 12.0. The highest BCUT2D eigenvalue weighted by atomic mass is 16.3. The van der Waals surface area contributed by atoms with Crippen molar-refractivity contribution in [1.82, 2.24) is 5.01 Å². The third-order valence-corrected chi connectivity index (χ3v) is 10.0. The third kappa shape index (κ3) is 2.76. The zero-order valence-corrected chi connectivity index (χ0v) is 20.2. The second kappa shape index (κ2) is 7.08. The van der Waals surface area contributed by atoms with Crippen LogP contribution in [0.4, 0.5) is 0 Å². The molecule has 0 heterocycles. The van der Waals surface area contributed by atoms with E-state index >= 15 is 0 Å². The van der Waals surface area contributed by atoms with Gasteiger partial charge in [-0.1, -0.05) is 65.0 Å². The Morgan fingerprint density at radius 2 is 2.00 bits per heavy atom. The van der Waals surface area contributed by atoms with Gasteiger partial charge in [0.1, 0.15) is 0 Å². The fraction of sp³-hybridized carbons (Fsp3) is 0.741. The first-order valence-corrected chi connectivity index (χ1v) is 12.0. The monoisotopic (exact) mass is 410 g/mol. The van der Waals surface area contributed by atoms with Crippen LogP contribution in [0.1, 0.15) is 66.7 Å². The molecule has 0 aliphatic heterocycles. The Kier molecular flexibility index (Phi) is 5.16.